The normalized spacial score (nSPS) is 19.5. The van der Waals surface area contributed by atoms with E-state index in [1.54, 1.807) is 0 Å². The number of hydrogen-bond donors (Lipinski definition) is 2. The second kappa shape index (κ2) is 9.93. The zero-order valence-corrected chi connectivity index (χ0v) is 16.5. The fraction of sp³-hybridized carbons (Fsp3) is 0.667. The summed E-state index contributed by atoms with van der Waals surface area (Å²) in [5.74, 6) is 1.80. The van der Waals surface area contributed by atoms with Crippen LogP contribution in [0.4, 0.5) is 0 Å². The molecule has 1 saturated carbocycles. The van der Waals surface area contributed by atoms with E-state index in [1.165, 1.54) is 43.6 Å². The van der Waals surface area contributed by atoms with Crippen LogP contribution < -0.4 is 10.6 Å². The molecule has 2 aliphatic rings. The molecule has 0 bridgehead atoms. The highest BCUT2D eigenvalue weighted by Crippen LogP contribution is 2.27. The summed E-state index contributed by atoms with van der Waals surface area (Å²) in [4.78, 5) is 9.93. The third kappa shape index (κ3) is 5.99. The Kier molecular flexibility index (Phi) is 7.32. The molecular weight excluding hydrogens is 322 g/mol. The van der Waals surface area contributed by atoms with Gasteiger partial charge in [0.2, 0.25) is 0 Å². The second-order valence-corrected chi connectivity index (χ2v) is 7.50. The number of aliphatic imine (C=N–C) groups is 1. The summed E-state index contributed by atoms with van der Waals surface area (Å²) in [6.07, 6.45) is 2.72. The molecule has 5 heteroatoms. The summed E-state index contributed by atoms with van der Waals surface area (Å²) in [5, 5.41) is 6.86. The van der Waals surface area contributed by atoms with Crippen molar-refractivity contribution in [2.75, 3.05) is 45.8 Å². The number of likely N-dealkylation sites (N-methyl/N-ethyl adjacent to an activating group) is 1. The standard InChI is InChI=1S/C21H35N5/c1-3-22-21(23-15-18-9-10-18)24-16-19-7-5-6-8-20(19)17-26-13-11-25(4-2)12-14-26/h5-8,18H,3-4,9-17H2,1-2H3,(H2,22,23,24). The smallest absolute Gasteiger partial charge is 0.191 e. The highest BCUT2D eigenvalue weighted by atomic mass is 15.3. The first-order chi connectivity index (χ1) is 12.8. The van der Waals surface area contributed by atoms with Crippen molar-refractivity contribution in [3.8, 4) is 0 Å². The fourth-order valence-electron chi connectivity index (χ4n) is 3.44. The molecule has 0 radical (unpaired) electrons. The number of guanidine groups is 1. The largest absolute Gasteiger partial charge is 0.357 e. The molecule has 1 heterocycles. The zero-order chi connectivity index (χ0) is 18.2. The minimum absolute atomic E-state index is 0.741. The predicted molar refractivity (Wildman–Crippen MR) is 109 cm³/mol. The van der Waals surface area contributed by atoms with Crippen molar-refractivity contribution >= 4 is 5.96 Å². The van der Waals surface area contributed by atoms with Gasteiger partial charge in [-0.3, -0.25) is 4.90 Å². The van der Waals surface area contributed by atoms with Gasteiger partial charge in [-0.05, 0) is 43.4 Å². The first kappa shape index (κ1) is 19.2. The van der Waals surface area contributed by atoms with Crippen LogP contribution in [-0.4, -0.2) is 61.6 Å². The summed E-state index contributed by atoms with van der Waals surface area (Å²) in [6, 6.07) is 8.78. The third-order valence-corrected chi connectivity index (χ3v) is 5.43. The van der Waals surface area contributed by atoms with Gasteiger partial charge in [0.05, 0.1) is 6.54 Å². The molecule has 144 valence electrons. The van der Waals surface area contributed by atoms with Crippen molar-refractivity contribution in [2.45, 2.75) is 39.8 Å². The molecule has 5 nitrogen and oxygen atoms in total. The first-order valence-electron chi connectivity index (χ1n) is 10.3. The van der Waals surface area contributed by atoms with Crippen LogP contribution in [-0.2, 0) is 13.1 Å². The highest BCUT2D eigenvalue weighted by Gasteiger charge is 2.21. The van der Waals surface area contributed by atoms with Crippen molar-refractivity contribution in [3.63, 3.8) is 0 Å². The van der Waals surface area contributed by atoms with Crippen molar-refractivity contribution in [2.24, 2.45) is 10.9 Å². The Labute approximate surface area is 158 Å². The minimum atomic E-state index is 0.741. The van der Waals surface area contributed by atoms with Gasteiger partial charge < -0.3 is 15.5 Å². The monoisotopic (exact) mass is 357 g/mol. The van der Waals surface area contributed by atoms with Gasteiger partial charge in [-0.2, -0.15) is 0 Å². The van der Waals surface area contributed by atoms with Crippen molar-refractivity contribution in [3.05, 3.63) is 35.4 Å². The van der Waals surface area contributed by atoms with Crippen LogP contribution in [0.15, 0.2) is 29.3 Å². The summed E-state index contributed by atoms with van der Waals surface area (Å²) in [7, 11) is 0. The molecular formula is C21H35N5. The maximum Gasteiger partial charge on any atom is 0.191 e. The van der Waals surface area contributed by atoms with E-state index in [0.717, 1.165) is 51.1 Å². The van der Waals surface area contributed by atoms with E-state index in [2.05, 4.69) is 58.5 Å². The van der Waals surface area contributed by atoms with Gasteiger partial charge in [-0.25, -0.2) is 4.99 Å². The fourth-order valence-corrected chi connectivity index (χ4v) is 3.44. The SMILES string of the molecule is CCNC(=NCc1ccccc1CN1CCN(CC)CC1)NCC1CC1. The van der Waals surface area contributed by atoms with Crippen LogP contribution in [0, 0.1) is 5.92 Å². The van der Waals surface area contributed by atoms with Gasteiger partial charge >= 0.3 is 0 Å². The van der Waals surface area contributed by atoms with Crippen LogP contribution >= 0.6 is 0 Å². The Hall–Kier alpha value is -1.59. The van der Waals surface area contributed by atoms with E-state index in [9.17, 15) is 0 Å². The van der Waals surface area contributed by atoms with Crippen molar-refractivity contribution < 1.29 is 0 Å². The molecule has 0 spiro atoms. The average Bonchev–Trinajstić information content (AvgIpc) is 3.50. The lowest BCUT2D eigenvalue weighted by molar-refractivity contribution is 0.131. The second-order valence-electron chi connectivity index (χ2n) is 7.50. The highest BCUT2D eigenvalue weighted by molar-refractivity contribution is 5.79. The van der Waals surface area contributed by atoms with Crippen LogP contribution in [0.2, 0.25) is 0 Å². The summed E-state index contributed by atoms with van der Waals surface area (Å²) >= 11 is 0. The molecule has 1 saturated heterocycles. The van der Waals surface area contributed by atoms with E-state index >= 15 is 0 Å². The molecule has 1 aromatic carbocycles. The van der Waals surface area contributed by atoms with Crippen LogP contribution in [0.25, 0.3) is 0 Å². The minimum Gasteiger partial charge on any atom is -0.357 e. The Bertz CT molecular complexity index is 574. The van der Waals surface area contributed by atoms with Gasteiger partial charge in [-0.1, -0.05) is 31.2 Å². The molecule has 0 amide bonds. The van der Waals surface area contributed by atoms with Crippen molar-refractivity contribution in [1.29, 1.82) is 0 Å². The van der Waals surface area contributed by atoms with E-state index in [-0.39, 0.29) is 0 Å². The Morgan fingerprint density at radius 2 is 1.69 bits per heavy atom. The quantitative estimate of drug-likeness (QED) is 0.553. The topological polar surface area (TPSA) is 42.9 Å². The molecule has 2 N–H and O–H groups in total. The van der Waals surface area contributed by atoms with Gasteiger partial charge in [0.25, 0.3) is 0 Å². The number of rotatable bonds is 8. The molecule has 1 aromatic rings. The molecule has 1 aliphatic heterocycles. The molecule has 1 aliphatic carbocycles. The van der Waals surface area contributed by atoms with E-state index < -0.39 is 0 Å². The molecule has 0 aromatic heterocycles. The lowest BCUT2D eigenvalue weighted by Gasteiger charge is -2.34. The molecule has 26 heavy (non-hydrogen) atoms. The summed E-state index contributed by atoms with van der Waals surface area (Å²) in [6.45, 7) is 14.0. The van der Waals surface area contributed by atoms with E-state index in [0.29, 0.717) is 0 Å². The summed E-state index contributed by atoms with van der Waals surface area (Å²) in [5.41, 5.74) is 2.76. The zero-order valence-electron chi connectivity index (χ0n) is 16.5. The van der Waals surface area contributed by atoms with Gasteiger partial charge in [0.15, 0.2) is 5.96 Å². The summed E-state index contributed by atoms with van der Waals surface area (Å²) < 4.78 is 0. The van der Waals surface area contributed by atoms with Crippen LogP contribution in [0.3, 0.4) is 0 Å². The van der Waals surface area contributed by atoms with E-state index in [4.69, 9.17) is 4.99 Å². The number of hydrogen-bond acceptors (Lipinski definition) is 3. The average molecular weight is 358 g/mol. The maximum absolute atomic E-state index is 4.83. The molecule has 2 fully saturated rings. The third-order valence-electron chi connectivity index (χ3n) is 5.43. The van der Waals surface area contributed by atoms with Gasteiger partial charge in [-0.15, -0.1) is 0 Å². The van der Waals surface area contributed by atoms with Crippen molar-refractivity contribution in [1.82, 2.24) is 20.4 Å². The Balaban J connectivity index is 1.57. The number of piperazine rings is 1. The predicted octanol–water partition coefficient (Wildman–Crippen LogP) is 2.29. The van der Waals surface area contributed by atoms with Gasteiger partial charge in [0.1, 0.15) is 0 Å². The van der Waals surface area contributed by atoms with Gasteiger partial charge in [0, 0.05) is 45.8 Å². The lowest BCUT2D eigenvalue weighted by Crippen LogP contribution is -2.45. The van der Waals surface area contributed by atoms with Crippen LogP contribution in [0.1, 0.15) is 37.8 Å². The number of nitrogens with zero attached hydrogens (tertiary/aromatic N) is 3. The van der Waals surface area contributed by atoms with E-state index in [1.807, 2.05) is 0 Å². The molecule has 0 unspecified atom stereocenters. The Morgan fingerprint density at radius 1 is 1.00 bits per heavy atom. The number of benzene rings is 1. The maximum atomic E-state index is 4.83. The molecule has 0 atom stereocenters. The first-order valence-corrected chi connectivity index (χ1v) is 10.3. The number of nitrogens with one attached hydrogen (secondary N) is 2. The molecule has 3 rings (SSSR count). The van der Waals surface area contributed by atoms with Crippen LogP contribution in [0.5, 0.6) is 0 Å². The lowest BCUT2D eigenvalue weighted by atomic mass is 10.1. The Morgan fingerprint density at radius 3 is 2.35 bits per heavy atom.